The van der Waals surface area contributed by atoms with Crippen LogP contribution in [-0.4, -0.2) is 11.2 Å². The third-order valence-electron chi connectivity index (χ3n) is 3.39. The standard InChI is InChI=1S/C13H11NO2.C8H10/c15-13(16)14(11-7-3-1-4-8-11)12-9-5-2-6-10-12;1-7-4-3-5-8(2)6-7/h1-10H,(H,15,16);3-6H,1-2H3. The van der Waals surface area contributed by atoms with Crippen LogP contribution < -0.4 is 4.90 Å². The van der Waals surface area contributed by atoms with Crippen molar-refractivity contribution in [1.82, 2.24) is 0 Å². The highest BCUT2D eigenvalue weighted by atomic mass is 16.4. The van der Waals surface area contributed by atoms with Crippen LogP contribution in [0.3, 0.4) is 0 Å². The zero-order chi connectivity index (χ0) is 17.4. The van der Waals surface area contributed by atoms with Gasteiger partial charge in [-0.05, 0) is 38.1 Å². The predicted molar refractivity (Wildman–Crippen MR) is 99.0 cm³/mol. The lowest BCUT2D eigenvalue weighted by molar-refractivity contribution is 0.205. The third kappa shape index (κ3) is 4.99. The molecule has 0 bridgehead atoms. The van der Waals surface area contributed by atoms with Gasteiger partial charge < -0.3 is 5.11 Å². The van der Waals surface area contributed by atoms with Crippen molar-refractivity contribution in [2.75, 3.05) is 4.90 Å². The topological polar surface area (TPSA) is 40.5 Å². The van der Waals surface area contributed by atoms with Crippen LogP contribution in [0.5, 0.6) is 0 Å². The Balaban J connectivity index is 0.000000219. The summed E-state index contributed by atoms with van der Waals surface area (Å²) in [6, 6.07) is 26.5. The Labute approximate surface area is 142 Å². The molecule has 0 aliphatic carbocycles. The van der Waals surface area contributed by atoms with Crippen molar-refractivity contribution in [2.24, 2.45) is 0 Å². The molecule has 0 saturated carbocycles. The first-order chi connectivity index (χ1) is 11.6. The minimum atomic E-state index is -0.989. The summed E-state index contributed by atoms with van der Waals surface area (Å²) >= 11 is 0. The summed E-state index contributed by atoms with van der Waals surface area (Å²) in [4.78, 5) is 12.5. The number of amides is 1. The van der Waals surface area contributed by atoms with E-state index in [1.807, 2.05) is 36.4 Å². The molecule has 0 fully saturated rings. The second-order valence-electron chi connectivity index (χ2n) is 5.45. The van der Waals surface area contributed by atoms with Crippen molar-refractivity contribution in [3.63, 3.8) is 0 Å². The largest absolute Gasteiger partial charge is 0.464 e. The number of hydrogen-bond donors (Lipinski definition) is 1. The maximum atomic E-state index is 11.2. The van der Waals surface area contributed by atoms with Crippen molar-refractivity contribution in [2.45, 2.75) is 13.8 Å². The van der Waals surface area contributed by atoms with Gasteiger partial charge in [0.05, 0.1) is 11.4 Å². The van der Waals surface area contributed by atoms with Gasteiger partial charge in [-0.1, -0.05) is 71.8 Å². The van der Waals surface area contributed by atoms with Gasteiger partial charge in [-0.3, -0.25) is 0 Å². The minimum Gasteiger partial charge on any atom is -0.464 e. The molecule has 3 rings (SSSR count). The third-order valence-corrected chi connectivity index (χ3v) is 3.39. The van der Waals surface area contributed by atoms with Crippen molar-refractivity contribution in [3.05, 3.63) is 96.1 Å². The second kappa shape index (κ2) is 8.53. The predicted octanol–water partition coefficient (Wildman–Crippen LogP) is 5.81. The van der Waals surface area contributed by atoms with E-state index in [0.29, 0.717) is 11.4 Å². The molecule has 3 heteroatoms. The Morgan fingerprint density at radius 2 is 1.12 bits per heavy atom. The van der Waals surface area contributed by atoms with Crippen molar-refractivity contribution < 1.29 is 9.90 Å². The SMILES string of the molecule is Cc1cccc(C)c1.O=C(O)N(c1ccccc1)c1ccccc1. The lowest BCUT2D eigenvalue weighted by Gasteiger charge is -2.18. The molecule has 0 aliphatic rings. The molecular weight excluding hydrogens is 298 g/mol. The molecule has 1 N–H and O–H groups in total. The number of para-hydroxylation sites is 2. The highest BCUT2D eigenvalue weighted by molar-refractivity contribution is 5.94. The Morgan fingerprint density at radius 3 is 1.42 bits per heavy atom. The average molecular weight is 319 g/mol. The zero-order valence-corrected chi connectivity index (χ0v) is 13.9. The molecule has 3 aromatic rings. The Morgan fingerprint density at radius 1 is 0.708 bits per heavy atom. The van der Waals surface area contributed by atoms with E-state index in [1.54, 1.807) is 24.3 Å². The summed E-state index contributed by atoms with van der Waals surface area (Å²) in [6.07, 6.45) is -0.989. The first kappa shape index (κ1) is 17.3. The molecule has 122 valence electrons. The summed E-state index contributed by atoms with van der Waals surface area (Å²) in [7, 11) is 0. The smallest absolute Gasteiger partial charge is 0.416 e. The zero-order valence-electron chi connectivity index (χ0n) is 13.9. The highest BCUT2D eigenvalue weighted by Gasteiger charge is 2.15. The van der Waals surface area contributed by atoms with Gasteiger partial charge in [0.2, 0.25) is 0 Å². The molecule has 0 spiro atoms. The first-order valence-corrected chi connectivity index (χ1v) is 7.74. The second-order valence-corrected chi connectivity index (χ2v) is 5.45. The summed E-state index contributed by atoms with van der Waals surface area (Å²) in [6.45, 7) is 4.21. The summed E-state index contributed by atoms with van der Waals surface area (Å²) in [5.74, 6) is 0. The Bertz CT molecular complexity index is 713. The number of hydrogen-bond acceptors (Lipinski definition) is 1. The highest BCUT2D eigenvalue weighted by Crippen LogP contribution is 2.24. The summed E-state index contributed by atoms with van der Waals surface area (Å²) in [5.41, 5.74) is 3.96. The molecule has 0 heterocycles. The number of rotatable bonds is 2. The van der Waals surface area contributed by atoms with Crippen molar-refractivity contribution in [1.29, 1.82) is 0 Å². The Hall–Kier alpha value is -3.07. The Kier molecular flexibility index (Phi) is 6.15. The van der Waals surface area contributed by atoms with Gasteiger partial charge in [0.15, 0.2) is 0 Å². The van der Waals surface area contributed by atoms with Crippen LogP contribution in [-0.2, 0) is 0 Å². The molecule has 0 saturated heterocycles. The fourth-order valence-electron chi connectivity index (χ4n) is 2.33. The van der Waals surface area contributed by atoms with Gasteiger partial charge in [-0.15, -0.1) is 0 Å². The number of carbonyl (C=O) groups is 1. The minimum absolute atomic E-state index is 0.640. The molecule has 0 aliphatic heterocycles. The molecule has 0 atom stereocenters. The molecule has 3 aromatic carbocycles. The number of nitrogens with zero attached hydrogens (tertiary/aromatic N) is 1. The number of benzene rings is 3. The fraction of sp³-hybridized carbons (Fsp3) is 0.0952. The maximum absolute atomic E-state index is 11.2. The van der Waals surface area contributed by atoms with Crippen LogP contribution in [0.15, 0.2) is 84.9 Å². The van der Waals surface area contributed by atoms with E-state index in [4.69, 9.17) is 0 Å². The quantitative estimate of drug-likeness (QED) is 0.648. The lowest BCUT2D eigenvalue weighted by atomic mass is 10.2. The normalized spacial score (nSPS) is 9.58. The van der Waals surface area contributed by atoms with E-state index >= 15 is 0 Å². The number of aryl methyl sites for hydroxylation is 2. The van der Waals surface area contributed by atoms with Gasteiger partial charge in [0.1, 0.15) is 0 Å². The summed E-state index contributed by atoms with van der Waals surface area (Å²) in [5, 5.41) is 9.21. The maximum Gasteiger partial charge on any atom is 0.416 e. The van der Waals surface area contributed by atoms with Gasteiger partial charge in [-0.2, -0.15) is 0 Å². The van der Waals surface area contributed by atoms with E-state index < -0.39 is 6.09 Å². The van der Waals surface area contributed by atoms with Crippen LogP contribution in [0.25, 0.3) is 0 Å². The van der Waals surface area contributed by atoms with Gasteiger partial charge in [-0.25, -0.2) is 9.69 Å². The molecule has 24 heavy (non-hydrogen) atoms. The van der Waals surface area contributed by atoms with Gasteiger partial charge in [0, 0.05) is 0 Å². The molecule has 0 aromatic heterocycles. The van der Waals surface area contributed by atoms with Crippen molar-refractivity contribution >= 4 is 17.5 Å². The van der Waals surface area contributed by atoms with Gasteiger partial charge in [0.25, 0.3) is 0 Å². The molecule has 0 radical (unpaired) electrons. The molecule has 1 amide bonds. The van der Waals surface area contributed by atoms with Crippen LogP contribution >= 0.6 is 0 Å². The monoisotopic (exact) mass is 319 g/mol. The first-order valence-electron chi connectivity index (χ1n) is 7.74. The van der Waals surface area contributed by atoms with Crippen LogP contribution in [0.2, 0.25) is 0 Å². The lowest BCUT2D eigenvalue weighted by Crippen LogP contribution is -2.23. The van der Waals surface area contributed by atoms with Crippen LogP contribution in [0.1, 0.15) is 11.1 Å². The summed E-state index contributed by atoms with van der Waals surface area (Å²) < 4.78 is 0. The van der Waals surface area contributed by atoms with Crippen LogP contribution in [0, 0.1) is 13.8 Å². The van der Waals surface area contributed by atoms with E-state index in [1.165, 1.54) is 16.0 Å². The average Bonchev–Trinajstić information content (AvgIpc) is 2.57. The van der Waals surface area contributed by atoms with E-state index in [2.05, 4.69) is 38.1 Å². The van der Waals surface area contributed by atoms with Crippen LogP contribution in [0.4, 0.5) is 16.2 Å². The van der Waals surface area contributed by atoms with E-state index in [0.717, 1.165) is 0 Å². The molecule has 3 nitrogen and oxygen atoms in total. The number of carboxylic acid groups (broad SMARTS) is 1. The van der Waals surface area contributed by atoms with Gasteiger partial charge >= 0.3 is 6.09 Å². The fourth-order valence-corrected chi connectivity index (χ4v) is 2.33. The number of anilines is 2. The van der Waals surface area contributed by atoms with E-state index in [-0.39, 0.29) is 0 Å². The molecule has 0 unspecified atom stereocenters. The van der Waals surface area contributed by atoms with Crippen molar-refractivity contribution in [3.8, 4) is 0 Å². The molecular formula is C21H21NO2. The van der Waals surface area contributed by atoms with E-state index in [9.17, 15) is 9.90 Å².